The number of aryl methyl sites for hydroxylation is 1. The molecule has 3 nitrogen and oxygen atoms in total. The molecule has 0 atom stereocenters. The number of carbonyl (C=O) groups is 1. The third-order valence-corrected chi connectivity index (χ3v) is 3.32. The SMILES string of the molecule is CCc1ccc(NC(=O)CN(CC(C)C)C(C)C)cc1. The monoisotopic (exact) mass is 276 g/mol. The van der Waals surface area contributed by atoms with Crippen molar-refractivity contribution in [2.75, 3.05) is 18.4 Å². The number of anilines is 1. The Morgan fingerprint density at radius 3 is 2.20 bits per heavy atom. The molecule has 1 aromatic rings. The van der Waals surface area contributed by atoms with E-state index in [4.69, 9.17) is 0 Å². The van der Waals surface area contributed by atoms with E-state index < -0.39 is 0 Å². The highest BCUT2D eigenvalue weighted by Crippen LogP contribution is 2.10. The van der Waals surface area contributed by atoms with Crippen LogP contribution in [0.2, 0.25) is 0 Å². The number of nitrogens with zero attached hydrogens (tertiary/aromatic N) is 1. The molecule has 0 aromatic heterocycles. The van der Waals surface area contributed by atoms with Crippen LogP contribution in [0.4, 0.5) is 5.69 Å². The first-order valence-corrected chi connectivity index (χ1v) is 7.55. The van der Waals surface area contributed by atoms with Crippen molar-refractivity contribution in [3.63, 3.8) is 0 Å². The van der Waals surface area contributed by atoms with Crippen LogP contribution in [0.3, 0.4) is 0 Å². The Morgan fingerprint density at radius 2 is 1.75 bits per heavy atom. The van der Waals surface area contributed by atoms with Crippen LogP contribution in [0.15, 0.2) is 24.3 Å². The molecule has 20 heavy (non-hydrogen) atoms. The first-order valence-electron chi connectivity index (χ1n) is 7.55. The summed E-state index contributed by atoms with van der Waals surface area (Å²) in [6.45, 7) is 12.1. The van der Waals surface area contributed by atoms with Gasteiger partial charge in [-0.25, -0.2) is 0 Å². The third kappa shape index (κ3) is 5.74. The zero-order valence-corrected chi connectivity index (χ0v) is 13.4. The molecule has 3 heteroatoms. The Balaban J connectivity index is 2.56. The lowest BCUT2D eigenvalue weighted by Gasteiger charge is -2.27. The van der Waals surface area contributed by atoms with Gasteiger partial charge in [-0.05, 0) is 43.9 Å². The van der Waals surface area contributed by atoms with Gasteiger partial charge in [0.2, 0.25) is 5.91 Å². The minimum Gasteiger partial charge on any atom is -0.325 e. The van der Waals surface area contributed by atoms with Crippen molar-refractivity contribution >= 4 is 11.6 Å². The molecule has 0 fully saturated rings. The van der Waals surface area contributed by atoms with E-state index in [1.165, 1.54) is 5.56 Å². The Morgan fingerprint density at radius 1 is 1.15 bits per heavy atom. The van der Waals surface area contributed by atoms with Crippen LogP contribution in [0.25, 0.3) is 0 Å². The summed E-state index contributed by atoms with van der Waals surface area (Å²) < 4.78 is 0. The summed E-state index contributed by atoms with van der Waals surface area (Å²) in [5, 5.41) is 2.97. The largest absolute Gasteiger partial charge is 0.325 e. The molecule has 112 valence electrons. The van der Waals surface area contributed by atoms with E-state index in [1.807, 2.05) is 12.1 Å². The third-order valence-electron chi connectivity index (χ3n) is 3.32. The van der Waals surface area contributed by atoms with Crippen molar-refractivity contribution in [3.8, 4) is 0 Å². The van der Waals surface area contributed by atoms with Gasteiger partial charge in [0.05, 0.1) is 6.54 Å². The van der Waals surface area contributed by atoms with Gasteiger partial charge in [0.15, 0.2) is 0 Å². The van der Waals surface area contributed by atoms with Crippen molar-refractivity contribution in [3.05, 3.63) is 29.8 Å². The summed E-state index contributed by atoms with van der Waals surface area (Å²) in [6.07, 6.45) is 1.02. The first kappa shape index (κ1) is 16.7. The highest BCUT2D eigenvalue weighted by molar-refractivity contribution is 5.92. The average molecular weight is 276 g/mol. The molecule has 0 saturated carbocycles. The van der Waals surface area contributed by atoms with Crippen molar-refractivity contribution in [2.24, 2.45) is 5.92 Å². The quantitative estimate of drug-likeness (QED) is 0.826. The minimum atomic E-state index is 0.0589. The van der Waals surface area contributed by atoms with E-state index in [1.54, 1.807) is 0 Å². The van der Waals surface area contributed by atoms with Crippen LogP contribution >= 0.6 is 0 Å². The van der Waals surface area contributed by atoms with Crippen molar-refractivity contribution < 1.29 is 4.79 Å². The van der Waals surface area contributed by atoms with E-state index in [9.17, 15) is 4.79 Å². The van der Waals surface area contributed by atoms with E-state index in [2.05, 4.69) is 57.0 Å². The molecule has 0 aliphatic heterocycles. The lowest BCUT2D eigenvalue weighted by atomic mass is 10.1. The molecule has 0 spiro atoms. The highest BCUT2D eigenvalue weighted by atomic mass is 16.2. The molecular weight excluding hydrogens is 248 g/mol. The topological polar surface area (TPSA) is 32.3 Å². The Labute approximate surface area is 123 Å². The van der Waals surface area contributed by atoms with Crippen molar-refractivity contribution in [2.45, 2.75) is 47.1 Å². The van der Waals surface area contributed by atoms with Gasteiger partial charge in [-0.2, -0.15) is 0 Å². The summed E-state index contributed by atoms with van der Waals surface area (Å²) in [7, 11) is 0. The second kappa shape index (κ2) is 8.05. The summed E-state index contributed by atoms with van der Waals surface area (Å²) in [4.78, 5) is 14.3. The molecule has 0 radical (unpaired) electrons. The van der Waals surface area contributed by atoms with E-state index >= 15 is 0 Å². The molecule has 1 rings (SSSR count). The molecule has 0 saturated heterocycles. The van der Waals surface area contributed by atoms with Crippen LogP contribution in [0.5, 0.6) is 0 Å². The fraction of sp³-hybridized carbons (Fsp3) is 0.588. The number of amides is 1. The van der Waals surface area contributed by atoms with Gasteiger partial charge in [-0.1, -0.05) is 32.9 Å². The van der Waals surface area contributed by atoms with Crippen LogP contribution in [-0.4, -0.2) is 29.9 Å². The molecule has 1 N–H and O–H groups in total. The molecule has 0 heterocycles. The Kier molecular flexibility index (Phi) is 6.73. The maximum Gasteiger partial charge on any atom is 0.238 e. The maximum atomic E-state index is 12.1. The smallest absolute Gasteiger partial charge is 0.238 e. The number of hydrogen-bond acceptors (Lipinski definition) is 2. The molecule has 0 aliphatic rings. The standard InChI is InChI=1S/C17H28N2O/c1-6-15-7-9-16(10-8-15)18-17(20)12-19(14(4)5)11-13(2)3/h7-10,13-14H,6,11-12H2,1-5H3,(H,18,20). The average Bonchev–Trinajstić information content (AvgIpc) is 2.38. The number of carbonyl (C=O) groups excluding carboxylic acids is 1. The maximum absolute atomic E-state index is 12.1. The fourth-order valence-electron chi connectivity index (χ4n) is 2.14. The zero-order valence-electron chi connectivity index (χ0n) is 13.4. The molecule has 1 amide bonds. The summed E-state index contributed by atoms with van der Waals surface area (Å²) in [5.74, 6) is 0.623. The van der Waals surface area contributed by atoms with Crippen LogP contribution < -0.4 is 5.32 Å². The lowest BCUT2D eigenvalue weighted by Crippen LogP contribution is -2.40. The minimum absolute atomic E-state index is 0.0589. The van der Waals surface area contributed by atoms with Gasteiger partial charge in [0, 0.05) is 18.3 Å². The van der Waals surface area contributed by atoms with E-state index in [-0.39, 0.29) is 5.91 Å². The fourth-order valence-corrected chi connectivity index (χ4v) is 2.14. The predicted octanol–water partition coefficient (Wildman–Crippen LogP) is 3.55. The van der Waals surface area contributed by atoms with Crippen LogP contribution in [0.1, 0.15) is 40.2 Å². The zero-order chi connectivity index (χ0) is 15.1. The summed E-state index contributed by atoms with van der Waals surface area (Å²) in [5.41, 5.74) is 2.16. The first-order chi connectivity index (χ1) is 9.42. The van der Waals surface area contributed by atoms with Crippen molar-refractivity contribution in [1.82, 2.24) is 4.90 Å². The Hall–Kier alpha value is -1.35. The number of hydrogen-bond donors (Lipinski definition) is 1. The summed E-state index contributed by atoms with van der Waals surface area (Å²) >= 11 is 0. The molecule has 0 bridgehead atoms. The van der Waals surface area contributed by atoms with Crippen molar-refractivity contribution in [1.29, 1.82) is 0 Å². The van der Waals surface area contributed by atoms with Gasteiger partial charge in [-0.15, -0.1) is 0 Å². The summed E-state index contributed by atoms with van der Waals surface area (Å²) in [6, 6.07) is 8.44. The number of nitrogens with one attached hydrogen (secondary N) is 1. The van der Waals surface area contributed by atoms with Gasteiger partial charge < -0.3 is 5.32 Å². The highest BCUT2D eigenvalue weighted by Gasteiger charge is 2.15. The molecule has 0 unspecified atom stereocenters. The van der Waals surface area contributed by atoms with Gasteiger partial charge >= 0.3 is 0 Å². The Bertz CT molecular complexity index is 410. The normalized spacial score (nSPS) is 11.4. The lowest BCUT2D eigenvalue weighted by molar-refractivity contribution is -0.117. The number of rotatable bonds is 7. The van der Waals surface area contributed by atoms with Crippen LogP contribution in [-0.2, 0) is 11.2 Å². The number of benzene rings is 1. The van der Waals surface area contributed by atoms with Crippen LogP contribution in [0, 0.1) is 5.92 Å². The van der Waals surface area contributed by atoms with Gasteiger partial charge in [-0.3, -0.25) is 9.69 Å². The van der Waals surface area contributed by atoms with E-state index in [0.717, 1.165) is 18.7 Å². The predicted molar refractivity (Wildman–Crippen MR) is 86.0 cm³/mol. The molecule has 1 aromatic carbocycles. The second-order valence-electron chi connectivity index (χ2n) is 6.02. The molecule has 0 aliphatic carbocycles. The van der Waals surface area contributed by atoms with Gasteiger partial charge in [0.25, 0.3) is 0 Å². The molecular formula is C17H28N2O. The second-order valence-corrected chi connectivity index (χ2v) is 6.02. The van der Waals surface area contributed by atoms with Gasteiger partial charge in [0.1, 0.15) is 0 Å². The van der Waals surface area contributed by atoms with E-state index in [0.29, 0.717) is 18.5 Å².